The van der Waals surface area contributed by atoms with Crippen molar-refractivity contribution in [1.29, 1.82) is 0 Å². The first kappa shape index (κ1) is 11.8. The van der Waals surface area contributed by atoms with Crippen LogP contribution in [0.5, 0.6) is 0 Å². The second kappa shape index (κ2) is 4.27. The Hall–Kier alpha value is -0.720. The van der Waals surface area contributed by atoms with Crippen molar-refractivity contribution in [3.8, 4) is 10.7 Å². The molecule has 16 heavy (non-hydrogen) atoms. The van der Waals surface area contributed by atoms with Crippen LogP contribution in [0.4, 0.5) is 0 Å². The van der Waals surface area contributed by atoms with Crippen molar-refractivity contribution >= 4 is 27.3 Å². The Labute approximate surface area is 106 Å². The van der Waals surface area contributed by atoms with Crippen LogP contribution in [0.15, 0.2) is 20.4 Å². The summed E-state index contributed by atoms with van der Waals surface area (Å²) in [5.74, 6) is 1.23. The molecule has 0 spiro atoms. The van der Waals surface area contributed by atoms with Gasteiger partial charge >= 0.3 is 0 Å². The number of aromatic nitrogens is 2. The molecule has 0 saturated heterocycles. The predicted octanol–water partition coefficient (Wildman–Crippen LogP) is 3.02. The standard InChI is InChI=1S/C10H12BrN3OS/c1-10(2,12-3)9-13-8(14-15-9)7-4-6(11)5-16-7/h4-5,12H,1-3H3. The maximum Gasteiger partial charge on any atom is 0.246 e. The Balaban J connectivity index is 2.33. The molecule has 0 unspecified atom stereocenters. The van der Waals surface area contributed by atoms with Gasteiger partial charge in [0.1, 0.15) is 0 Å². The van der Waals surface area contributed by atoms with Gasteiger partial charge in [0, 0.05) is 9.85 Å². The van der Waals surface area contributed by atoms with E-state index in [-0.39, 0.29) is 5.54 Å². The van der Waals surface area contributed by atoms with Crippen molar-refractivity contribution in [1.82, 2.24) is 15.5 Å². The fourth-order valence-electron chi connectivity index (χ4n) is 1.11. The van der Waals surface area contributed by atoms with Gasteiger partial charge in [-0.1, -0.05) is 5.16 Å². The summed E-state index contributed by atoms with van der Waals surface area (Å²) >= 11 is 4.98. The normalized spacial score (nSPS) is 12.0. The van der Waals surface area contributed by atoms with Crippen LogP contribution in [0, 0.1) is 0 Å². The summed E-state index contributed by atoms with van der Waals surface area (Å²) in [6.07, 6.45) is 0. The maximum absolute atomic E-state index is 5.25. The van der Waals surface area contributed by atoms with Gasteiger partial charge in [0.25, 0.3) is 0 Å². The third-order valence-electron chi connectivity index (χ3n) is 2.37. The molecule has 0 radical (unpaired) electrons. The fraction of sp³-hybridized carbons (Fsp3) is 0.400. The highest BCUT2D eigenvalue weighted by atomic mass is 79.9. The van der Waals surface area contributed by atoms with E-state index in [1.54, 1.807) is 11.3 Å². The van der Waals surface area contributed by atoms with Crippen LogP contribution in [0.3, 0.4) is 0 Å². The second-order valence-electron chi connectivity index (χ2n) is 3.93. The second-order valence-corrected chi connectivity index (χ2v) is 5.75. The molecule has 86 valence electrons. The zero-order valence-electron chi connectivity index (χ0n) is 9.24. The summed E-state index contributed by atoms with van der Waals surface area (Å²) in [6, 6.07) is 1.98. The van der Waals surface area contributed by atoms with Crippen LogP contribution in [0.25, 0.3) is 10.7 Å². The summed E-state index contributed by atoms with van der Waals surface area (Å²) in [6.45, 7) is 3.99. The highest BCUT2D eigenvalue weighted by Crippen LogP contribution is 2.29. The maximum atomic E-state index is 5.25. The van der Waals surface area contributed by atoms with Gasteiger partial charge in [-0.15, -0.1) is 11.3 Å². The van der Waals surface area contributed by atoms with E-state index in [2.05, 4.69) is 31.4 Å². The molecule has 1 N–H and O–H groups in total. The smallest absolute Gasteiger partial charge is 0.246 e. The zero-order valence-corrected chi connectivity index (χ0v) is 11.6. The van der Waals surface area contributed by atoms with Crippen molar-refractivity contribution < 1.29 is 4.52 Å². The quantitative estimate of drug-likeness (QED) is 0.947. The highest BCUT2D eigenvalue weighted by Gasteiger charge is 2.25. The summed E-state index contributed by atoms with van der Waals surface area (Å²) in [4.78, 5) is 5.38. The van der Waals surface area contributed by atoms with E-state index in [4.69, 9.17) is 4.52 Å². The Bertz CT molecular complexity index is 492. The molecule has 0 aliphatic heterocycles. The van der Waals surface area contributed by atoms with Crippen molar-refractivity contribution in [3.63, 3.8) is 0 Å². The molecule has 0 saturated carbocycles. The minimum Gasteiger partial charge on any atom is -0.337 e. The van der Waals surface area contributed by atoms with E-state index in [0.717, 1.165) is 9.35 Å². The Kier molecular flexibility index (Phi) is 3.14. The molecular formula is C10H12BrN3OS. The van der Waals surface area contributed by atoms with Gasteiger partial charge in [0.2, 0.25) is 11.7 Å². The number of hydrogen-bond acceptors (Lipinski definition) is 5. The van der Waals surface area contributed by atoms with Crippen LogP contribution in [0.1, 0.15) is 19.7 Å². The van der Waals surface area contributed by atoms with E-state index in [9.17, 15) is 0 Å². The Morgan fingerprint density at radius 1 is 1.50 bits per heavy atom. The van der Waals surface area contributed by atoms with E-state index in [0.29, 0.717) is 11.7 Å². The molecule has 0 atom stereocenters. The molecule has 0 aliphatic rings. The lowest BCUT2D eigenvalue weighted by Gasteiger charge is -2.17. The van der Waals surface area contributed by atoms with Crippen molar-refractivity contribution in [3.05, 3.63) is 21.8 Å². The first-order chi connectivity index (χ1) is 7.53. The van der Waals surface area contributed by atoms with Gasteiger partial charge in [-0.2, -0.15) is 4.98 Å². The number of halogens is 1. The first-order valence-corrected chi connectivity index (χ1v) is 6.48. The van der Waals surface area contributed by atoms with Crippen LogP contribution in [0.2, 0.25) is 0 Å². The van der Waals surface area contributed by atoms with Gasteiger partial charge in [-0.25, -0.2) is 0 Å². The molecule has 0 aromatic carbocycles. The number of thiophene rings is 1. The SMILES string of the molecule is CNC(C)(C)c1nc(-c2cc(Br)cs2)no1. The van der Waals surface area contributed by atoms with Crippen molar-refractivity contribution in [2.75, 3.05) is 7.05 Å². The van der Waals surface area contributed by atoms with Gasteiger partial charge in [0.05, 0.1) is 10.4 Å². The van der Waals surface area contributed by atoms with Gasteiger partial charge in [-0.3, -0.25) is 0 Å². The molecule has 6 heteroatoms. The summed E-state index contributed by atoms with van der Waals surface area (Å²) in [5, 5.41) is 9.10. The highest BCUT2D eigenvalue weighted by molar-refractivity contribution is 9.10. The molecule has 0 aliphatic carbocycles. The van der Waals surface area contributed by atoms with Crippen LogP contribution in [-0.2, 0) is 5.54 Å². The monoisotopic (exact) mass is 301 g/mol. The lowest BCUT2D eigenvalue weighted by atomic mass is 10.1. The number of nitrogens with zero attached hydrogens (tertiary/aromatic N) is 2. The average Bonchev–Trinajstić information content (AvgIpc) is 2.85. The summed E-state index contributed by atoms with van der Waals surface area (Å²) in [5.41, 5.74) is -0.306. The van der Waals surface area contributed by atoms with E-state index in [1.165, 1.54) is 0 Å². The van der Waals surface area contributed by atoms with Crippen molar-refractivity contribution in [2.45, 2.75) is 19.4 Å². The largest absolute Gasteiger partial charge is 0.337 e. The Morgan fingerprint density at radius 2 is 2.25 bits per heavy atom. The molecule has 0 amide bonds. The number of nitrogens with one attached hydrogen (secondary N) is 1. The first-order valence-electron chi connectivity index (χ1n) is 4.80. The molecule has 2 aromatic heterocycles. The lowest BCUT2D eigenvalue weighted by molar-refractivity contribution is 0.281. The minimum absolute atomic E-state index is 0.306. The average molecular weight is 302 g/mol. The Morgan fingerprint density at radius 3 is 2.81 bits per heavy atom. The molecule has 0 bridgehead atoms. The lowest BCUT2D eigenvalue weighted by Crippen LogP contribution is -2.33. The topological polar surface area (TPSA) is 51.0 Å². The van der Waals surface area contributed by atoms with Crippen LogP contribution < -0.4 is 5.32 Å². The molecule has 4 nitrogen and oxygen atoms in total. The van der Waals surface area contributed by atoms with Gasteiger partial charge in [0.15, 0.2) is 0 Å². The molecule has 0 fully saturated rings. The number of hydrogen-bond donors (Lipinski definition) is 1. The third kappa shape index (κ3) is 2.18. The molecule has 2 heterocycles. The summed E-state index contributed by atoms with van der Waals surface area (Å²) < 4.78 is 6.29. The third-order valence-corrected chi connectivity index (χ3v) is 4.06. The van der Waals surface area contributed by atoms with Crippen LogP contribution >= 0.6 is 27.3 Å². The predicted molar refractivity (Wildman–Crippen MR) is 67.4 cm³/mol. The van der Waals surface area contributed by atoms with Crippen molar-refractivity contribution in [2.24, 2.45) is 0 Å². The van der Waals surface area contributed by atoms with E-state index < -0.39 is 0 Å². The van der Waals surface area contributed by atoms with Gasteiger partial charge in [-0.05, 0) is 42.9 Å². The van der Waals surface area contributed by atoms with E-state index in [1.807, 2.05) is 32.3 Å². The van der Waals surface area contributed by atoms with Gasteiger partial charge < -0.3 is 9.84 Å². The number of rotatable bonds is 3. The molecule has 2 aromatic rings. The molecule has 2 rings (SSSR count). The van der Waals surface area contributed by atoms with Crippen LogP contribution in [-0.4, -0.2) is 17.2 Å². The fourth-order valence-corrected chi connectivity index (χ4v) is 2.47. The summed E-state index contributed by atoms with van der Waals surface area (Å²) in [7, 11) is 1.87. The minimum atomic E-state index is -0.306. The molecular weight excluding hydrogens is 290 g/mol. The van der Waals surface area contributed by atoms with E-state index >= 15 is 0 Å². The zero-order chi connectivity index (χ0) is 11.8.